The first kappa shape index (κ1) is 13.7. The van der Waals surface area contributed by atoms with Crippen LogP contribution >= 0.6 is 0 Å². The van der Waals surface area contributed by atoms with Crippen molar-refractivity contribution < 1.29 is 4.79 Å². The highest BCUT2D eigenvalue weighted by Gasteiger charge is 2.23. The van der Waals surface area contributed by atoms with Crippen LogP contribution in [0.4, 0.5) is 5.95 Å². The molecule has 0 unspecified atom stereocenters. The van der Waals surface area contributed by atoms with E-state index in [1.165, 1.54) is 0 Å². The van der Waals surface area contributed by atoms with Gasteiger partial charge in [0.15, 0.2) is 0 Å². The Balaban J connectivity index is 1.46. The fraction of sp³-hybridized carbons (Fsp3) is 0.250. The van der Waals surface area contributed by atoms with Crippen LogP contribution in [0.3, 0.4) is 0 Å². The molecule has 7 nitrogen and oxygen atoms in total. The van der Waals surface area contributed by atoms with Gasteiger partial charge in [0.25, 0.3) is 5.91 Å². The van der Waals surface area contributed by atoms with Crippen molar-refractivity contribution in [3.8, 4) is 0 Å². The van der Waals surface area contributed by atoms with Crippen LogP contribution in [0.1, 0.15) is 10.4 Å². The zero-order valence-electron chi connectivity index (χ0n) is 12.5. The number of hydrogen-bond donors (Lipinski definition) is 0. The number of imidazole rings is 1. The van der Waals surface area contributed by atoms with Crippen molar-refractivity contribution >= 4 is 17.4 Å². The average molecular weight is 308 g/mol. The summed E-state index contributed by atoms with van der Waals surface area (Å²) in [5.74, 6) is 0.780. The Kier molecular flexibility index (Phi) is 3.38. The fourth-order valence-corrected chi connectivity index (χ4v) is 2.80. The molecule has 1 saturated heterocycles. The lowest BCUT2D eigenvalue weighted by molar-refractivity contribution is 0.0746. The van der Waals surface area contributed by atoms with Gasteiger partial charge < -0.3 is 14.2 Å². The molecular formula is C16H16N6O. The van der Waals surface area contributed by atoms with E-state index in [2.05, 4.69) is 19.9 Å². The van der Waals surface area contributed by atoms with Gasteiger partial charge in [-0.15, -0.1) is 0 Å². The van der Waals surface area contributed by atoms with Crippen LogP contribution in [0.2, 0.25) is 0 Å². The van der Waals surface area contributed by atoms with Crippen molar-refractivity contribution in [1.29, 1.82) is 0 Å². The van der Waals surface area contributed by atoms with Gasteiger partial charge in [0, 0.05) is 50.3 Å². The maximum Gasteiger partial charge on any atom is 0.254 e. The summed E-state index contributed by atoms with van der Waals surface area (Å²) in [6.45, 7) is 2.82. The molecule has 7 heteroatoms. The minimum atomic E-state index is 0.0577. The number of piperazine rings is 1. The van der Waals surface area contributed by atoms with Crippen LogP contribution in [0.5, 0.6) is 0 Å². The molecule has 0 N–H and O–H groups in total. The quantitative estimate of drug-likeness (QED) is 0.709. The molecule has 0 bridgehead atoms. The number of rotatable bonds is 2. The van der Waals surface area contributed by atoms with E-state index >= 15 is 0 Å². The van der Waals surface area contributed by atoms with E-state index in [1.807, 2.05) is 27.6 Å². The minimum Gasteiger partial charge on any atom is -0.337 e. The monoisotopic (exact) mass is 308 g/mol. The number of aromatic nitrogens is 4. The van der Waals surface area contributed by atoms with Crippen LogP contribution in [0, 0.1) is 0 Å². The van der Waals surface area contributed by atoms with Gasteiger partial charge in [-0.2, -0.15) is 0 Å². The van der Waals surface area contributed by atoms with E-state index in [0.717, 1.165) is 24.6 Å². The van der Waals surface area contributed by atoms with E-state index in [-0.39, 0.29) is 5.91 Å². The van der Waals surface area contributed by atoms with Crippen LogP contribution in [0.15, 0.2) is 49.3 Å². The molecule has 0 saturated carbocycles. The lowest BCUT2D eigenvalue weighted by Crippen LogP contribution is -2.49. The van der Waals surface area contributed by atoms with Gasteiger partial charge in [-0.3, -0.25) is 4.79 Å². The molecular weight excluding hydrogens is 292 g/mol. The van der Waals surface area contributed by atoms with Crippen molar-refractivity contribution in [2.24, 2.45) is 0 Å². The summed E-state index contributed by atoms with van der Waals surface area (Å²) in [5.41, 5.74) is 1.62. The maximum atomic E-state index is 12.7. The maximum absolute atomic E-state index is 12.7. The smallest absolute Gasteiger partial charge is 0.254 e. The number of hydrogen-bond acceptors (Lipinski definition) is 5. The van der Waals surface area contributed by atoms with Gasteiger partial charge in [-0.25, -0.2) is 15.0 Å². The Hall–Kier alpha value is -2.96. The second-order valence-corrected chi connectivity index (χ2v) is 5.47. The molecule has 0 aromatic carbocycles. The predicted octanol–water partition coefficient (Wildman–Crippen LogP) is 1.09. The molecule has 23 heavy (non-hydrogen) atoms. The summed E-state index contributed by atoms with van der Waals surface area (Å²) < 4.78 is 1.89. The van der Waals surface area contributed by atoms with Crippen molar-refractivity contribution in [2.75, 3.05) is 31.1 Å². The minimum absolute atomic E-state index is 0.0577. The molecule has 0 radical (unpaired) electrons. The van der Waals surface area contributed by atoms with Crippen LogP contribution in [-0.2, 0) is 0 Å². The third-order valence-corrected chi connectivity index (χ3v) is 4.06. The van der Waals surface area contributed by atoms with Crippen molar-refractivity contribution in [2.45, 2.75) is 0 Å². The lowest BCUT2D eigenvalue weighted by Gasteiger charge is -2.34. The summed E-state index contributed by atoms with van der Waals surface area (Å²) >= 11 is 0. The first-order valence-corrected chi connectivity index (χ1v) is 7.54. The Morgan fingerprint density at radius 1 is 1.09 bits per heavy atom. The molecule has 0 atom stereocenters. The van der Waals surface area contributed by atoms with E-state index in [9.17, 15) is 4.79 Å². The van der Waals surface area contributed by atoms with E-state index in [4.69, 9.17) is 0 Å². The summed E-state index contributed by atoms with van der Waals surface area (Å²) in [7, 11) is 0. The van der Waals surface area contributed by atoms with Crippen molar-refractivity contribution in [1.82, 2.24) is 24.3 Å². The zero-order valence-corrected chi connectivity index (χ0v) is 12.5. The summed E-state index contributed by atoms with van der Waals surface area (Å²) in [4.78, 5) is 29.2. The molecule has 1 aliphatic rings. The summed E-state index contributed by atoms with van der Waals surface area (Å²) in [5, 5.41) is 0. The van der Waals surface area contributed by atoms with Gasteiger partial charge >= 0.3 is 0 Å². The number of carbonyl (C=O) groups excluding carboxylic acids is 1. The summed E-state index contributed by atoms with van der Waals surface area (Å²) in [6.07, 6.45) is 8.81. The zero-order chi connectivity index (χ0) is 15.6. The fourth-order valence-electron chi connectivity index (χ4n) is 2.80. The molecule has 4 rings (SSSR count). The Morgan fingerprint density at radius 2 is 1.87 bits per heavy atom. The van der Waals surface area contributed by atoms with Crippen molar-refractivity contribution in [3.63, 3.8) is 0 Å². The third kappa shape index (κ3) is 2.61. The molecule has 3 aromatic rings. The van der Waals surface area contributed by atoms with E-state index in [0.29, 0.717) is 18.7 Å². The Morgan fingerprint density at radius 3 is 2.65 bits per heavy atom. The van der Waals surface area contributed by atoms with Crippen LogP contribution in [-0.4, -0.2) is 56.3 Å². The van der Waals surface area contributed by atoms with Gasteiger partial charge in [0.1, 0.15) is 0 Å². The normalized spacial score (nSPS) is 15.1. The summed E-state index contributed by atoms with van der Waals surface area (Å²) in [6, 6.07) is 5.52. The average Bonchev–Trinajstić information content (AvgIpc) is 3.10. The number of fused-ring (bicyclic) bond motifs is 1. The molecule has 1 amide bonds. The van der Waals surface area contributed by atoms with Gasteiger partial charge in [0.2, 0.25) is 5.95 Å². The van der Waals surface area contributed by atoms with Gasteiger partial charge in [-0.1, -0.05) is 0 Å². The van der Waals surface area contributed by atoms with E-state index < -0.39 is 0 Å². The van der Waals surface area contributed by atoms with Crippen LogP contribution in [0.25, 0.3) is 5.52 Å². The molecule has 4 heterocycles. The third-order valence-electron chi connectivity index (χ3n) is 4.06. The number of nitrogens with zero attached hydrogens (tertiary/aromatic N) is 6. The molecule has 1 aliphatic heterocycles. The lowest BCUT2D eigenvalue weighted by atomic mass is 10.2. The predicted molar refractivity (Wildman–Crippen MR) is 85.3 cm³/mol. The molecule has 1 fully saturated rings. The topological polar surface area (TPSA) is 66.6 Å². The Labute approximate surface area is 133 Å². The van der Waals surface area contributed by atoms with E-state index in [1.54, 1.807) is 31.0 Å². The number of carbonyl (C=O) groups is 1. The first-order valence-electron chi connectivity index (χ1n) is 7.54. The standard InChI is InChI=1S/C16H16N6O/c23-15(13-2-5-22-12-17-11-14(22)10-13)20-6-8-21(9-7-20)16-18-3-1-4-19-16/h1-5,10-12H,6-9H2. The second-order valence-electron chi connectivity index (χ2n) is 5.47. The molecule has 116 valence electrons. The highest BCUT2D eigenvalue weighted by molar-refractivity contribution is 5.95. The second kappa shape index (κ2) is 5.68. The largest absolute Gasteiger partial charge is 0.337 e. The SMILES string of the molecule is O=C(c1ccn2cncc2c1)N1CCN(c2ncccn2)CC1. The number of anilines is 1. The van der Waals surface area contributed by atoms with Crippen molar-refractivity contribution in [3.05, 3.63) is 54.9 Å². The first-order chi connectivity index (χ1) is 11.3. The van der Waals surface area contributed by atoms with Gasteiger partial charge in [-0.05, 0) is 18.2 Å². The number of pyridine rings is 1. The van der Waals surface area contributed by atoms with Gasteiger partial charge in [0.05, 0.1) is 18.0 Å². The highest BCUT2D eigenvalue weighted by atomic mass is 16.2. The highest BCUT2D eigenvalue weighted by Crippen LogP contribution is 2.14. The van der Waals surface area contributed by atoms with Crippen LogP contribution < -0.4 is 4.90 Å². The molecule has 3 aromatic heterocycles. The number of amides is 1. The molecule has 0 spiro atoms. The molecule has 0 aliphatic carbocycles. The Bertz CT molecular complexity index is 823.